The molecule has 0 N–H and O–H groups in total. The molecule has 13 heavy (non-hydrogen) atoms. The molecule has 0 aromatic rings. The molecule has 0 aliphatic heterocycles. The van der Waals surface area contributed by atoms with Crippen molar-refractivity contribution in [3.05, 3.63) is 11.0 Å². The van der Waals surface area contributed by atoms with E-state index in [-0.39, 0.29) is 11.3 Å². The van der Waals surface area contributed by atoms with E-state index in [0.29, 0.717) is 6.08 Å². The molecule has 0 saturated heterocycles. The van der Waals surface area contributed by atoms with E-state index in [1.165, 1.54) is 0 Å². The Hall–Kier alpha value is -0.520. The first-order valence-electron chi connectivity index (χ1n) is 3.42. The minimum absolute atomic E-state index is 0.0466. The van der Waals surface area contributed by atoms with Gasteiger partial charge < -0.3 is 0 Å². The van der Waals surface area contributed by atoms with Crippen molar-refractivity contribution in [1.82, 2.24) is 0 Å². The van der Waals surface area contributed by atoms with Crippen LogP contribution in [-0.2, 0) is 4.79 Å². The van der Waals surface area contributed by atoms with Crippen molar-refractivity contribution in [3.8, 4) is 0 Å². The molecular formula is C7H8F4OS. The van der Waals surface area contributed by atoms with Crippen molar-refractivity contribution < 1.29 is 22.4 Å². The molecule has 0 spiro atoms. The molecule has 0 heterocycles. The van der Waals surface area contributed by atoms with Crippen LogP contribution < -0.4 is 0 Å². The van der Waals surface area contributed by atoms with Crippen LogP contribution in [0.2, 0.25) is 0 Å². The van der Waals surface area contributed by atoms with E-state index in [1.54, 1.807) is 6.92 Å². The highest BCUT2D eigenvalue weighted by Crippen LogP contribution is 2.25. The number of hydrogen-bond acceptors (Lipinski definition) is 2. The third-order valence-electron chi connectivity index (χ3n) is 1.26. The second-order valence-electron chi connectivity index (χ2n) is 2.28. The first-order valence-corrected chi connectivity index (χ1v) is 3.87. The van der Waals surface area contributed by atoms with Crippen LogP contribution >= 0.6 is 12.6 Å². The Labute approximate surface area is 78.2 Å². The van der Waals surface area contributed by atoms with Crippen LogP contribution in [0, 0.1) is 0 Å². The molecule has 1 nitrogen and oxygen atoms in total. The van der Waals surface area contributed by atoms with Gasteiger partial charge in [0.05, 0.1) is 0 Å². The molecule has 76 valence electrons. The van der Waals surface area contributed by atoms with Gasteiger partial charge in [0.1, 0.15) is 0 Å². The van der Waals surface area contributed by atoms with E-state index in [1.807, 2.05) is 0 Å². The van der Waals surface area contributed by atoms with Crippen molar-refractivity contribution in [1.29, 1.82) is 0 Å². The Morgan fingerprint density at radius 3 is 2.31 bits per heavy atom. The van der Waals surface area contributed by atoms with Crippen LogP contribution in [0.3, 0.4) is 0 Å². The highest BCUT2D eigenvalue weighted by atomic mass is 32.1. The Morgan fingerprint density at radius 1 is 1.54 bits per heavy atom. The van der Waals surface area contributed by atoms with Gasteiger partial charge in [-0.1, -0.05) is 6.92 Å². The summed E-state index contributed by atoms with van der Waals surface area (Å²) in [4.78, 5) is 10.6. The molecule has 0 aromatic carbocycles. The Balaban J connectivity index is 4.61. The van der Waals surface area contributed by atoms with E-state index >= 15 is 0 Å². The normalized spacial score (nSPS) is 13.6. The summed E-state index contributed by atoms with van der Waals surface area (Å²) in [6.45, 7) is 1.56. The average molecular weight is 216 g/mol. The lowest BCUT2D eigenvalue weighted by Gasteiger charge is -2.11. The summed E-state index contributed by atoms with van der Waals surface area (Å²) in [5.74, 6) is -6.52. The fraction of sp³-hybridized carbons (Fsp3) is 0.571. The smallest absolute Gasteiger partial charge is 0.288 e. The lowest BCUT2D eigenvalue weighted by Crippen LogP contribution is -2.35. The second kappa shape index (κ2) is 4.64. The van der Waals surface area contributed by atoms with E-state index in [4.69, 9.17) is 0 Å². The van der Waals surface area contributed by atoms with Gasteiger partial charge in [-0.15, -0.1) is 12.6 Å². The maximum absolute atomic E-state index is 12.3. The van der Waals surface area contributed by atoms with Crippen molar-refractivity contribution >= 4 is 18.4 Å². The summed E-state index contributed by atoms with van der Waals surface area (Å²) < 4.78 is 47.7. The number of hydrogen-bond donors (Lipinski definition) is 1. The molecule has 0 bridgehead atoms. The SMILES string of the molecule is CC/C(S)=C/C(=O)C(F)(F)C(F)F. The van der Waals surface area contributed by atoms with Gasteiger partial charge in [-0.3, -0.25) is 4.79 Å². The largest absolute Gasteiger partial charge is 0.368 e. The summed E-state index contributed by atoms with van der Waals surface area (Å²) in [7, 11) is 0. The summed E-state index contributed by atoms with van der Waals surface area (Å²) in [5, 5.41) is 0. The zero-order valence-corrected chi connectivity index (χ0v) is 7.62. The molecule has 0 amide bonds. The van der Waals surface area contributed by atoms with Crippen LogP contribution in [0.25, 0.3) is 0 Å². The molecule has 0 unspecified atom stereocenters. The highest BCUT2D eigenvalue weighted by Gasteiger charge is 2.47. The van der Waals surface area contributed by atoms with E-state index < -0.39 is 18.1 Å². The molecule has 0 aliphatic carbocycles. The van der Waals surface area contributed by atoms with Gasteiger partial charge in [-0.2, -0.15) is 8.78 Å². The fourth-order valence-corrected chi connectivity index (χ4v) is 0.574. The molecule has 0 atom stereocenters. The van der Waals surface area contributed by atoms with Crippen LogP contribution in [0.4, 0.5) is 17.6 Å². The topological polar surface area (TPSA) is 17.1 Å². The molecule has 0 radical (unpaired) electrons. The number of alkyl halides is 4. The Bertz CT molecular complexity index is 225. The number of rotatable bonds is 4. The van der Waals surface area contributed by atoms with Crippen LogP contribution in [0.1, 0.15) is 13.3 Å². The average Bonchev–Trinajstić information content (AvgIpc) is 2.03. The minimum atomic E-state index is -4.61. The number of thiol groups is 1. The first kappa shape index (κ1) is 12.5. The number of allylic oxidation sites excluding steroid dienone is 2. The van der Waals surface area contributed by atoms with Crippen molar-refractivity contribution in [2.75, 3.05) is 0 Å². The molecule has 0 aromatic heterocycles. The minimum Gasteiger partial charge on any atom is -0.288 e. The van der Waals surface area contributed by atoms with Crippen LogP contribution in [0.15, 0.2) is 11.0 Å². The molecule has 0 fully saturated rings. The van der Waals surface area contributed by atoms with Gasteiger partial charge >= 0.3 is 12.3 Å². The van der Waals surface area contributed by atoms with Gasteiger partial charge in [0.2, 0.25) is 5.78 Å². The highest BCUT2D eigenvalue weighted by molar-refractivity contribution is 7.84. The van der Waals surface area contributed by atoms with Crippen molar-refractivity contribution in [2.24, 2.45) is 0 Å². The summed E-state index contributed by atoms with van der Waals surface area (Å²) in [6, 6.07) is 0. The fourth-order valence-electron chi connectivity index (χ4n) is 0.457. The lowest BCUT2D eigenvalue weighted by atomic mass is 10.2. The van der Waals surface area contributed by atoms with Gasteiger partial charge in [-0.25, -0.2) is 8.78 Å². The predicted octanol–water partition coefficient (Wildman–Crippen LogP) is 2.68. The van der Waals surface area contributed by atoms with E-state index in [0.717, 1.165) is 0 Å². The maximum Gasteiger partial charge on any atom is 0.368 e. The maximum atomic E-state index is 12.3. The van der Waals surface area contributed by atoms with Gasteiger partial charge in [0.25, 0.3) is 0 Å². The van der Waals surface area contributed by atoms with Gasteiger partial charge in [-0.05, 0) is 17.4 Å². The Kier molecular flexibility index (Phi) is 4.46. The van der Waals surface area contributed by atoms with Crippen molar-refractivity contribution in [3.63, 3.8) is 0 Å². The third kappa shape index (κ3) is 3.38. The quantitative estimate of drug-likeness (QED) is 0.434. The monoisotopic (exact) mass is 216 g/mol. The standard InChI is InChI=1S/C7H8F4OS/c1-2-4(13)3-5(12)7(10,11)6(8)9/h3,6,13H,2H2,1H3/b4-3-. The van der Waals surface area contributed by atoms with E-state index in [2.05, 4.69) is 12.6 Å². The van der Waals surface area contributed by atoms with E-state index in [9.17, 15) is 22.4 Å². The molecule has 6 heteroatoms. The molecular weight excluding hydrogens is 208 g/mol. The number of carbonyl (C=O) groups is 1. The lowest BCUT2D eigenvalue weighted by molar-refractivity contribution is -0.161. The number of ketones is 1. The third-order valence-corrected chi connectivity index (χ3v) is 1.71. The summed E-state index contributed by atoms with van der Waals surface area (Å²) in [6.07, 6.45) is -3.31. The molecule has 0 saturated carbocycles. The molecule has 0 aliphatic rings. The zero-order chi connectivity index (χ0) is 10.6. The summed E-state index contributed by atoms with van der Waals surface area (Å²) in [5.41, 5.74) is 0. The molecule has 0 rings (SSSR count). The van der Waals surface area contributed by atoms with Crippen molar-refractivity contribution in [2.45, 2.75) is 25.7 Å². The zero-order valence-electron chi connectivity index (χ0n) is 6.73. The second-order valence-corrected chi connectivity index (χ2v) is 2.85. The number of halogens is 4. The van der Waals surface area contributed by atoms with Crippen LogP contribution in [-0.4, -0.2) is 18.1 Å². The summed E-state index contributed by atoms with van der Waals surface area (Å²) >= 11 is 3.63. The van der Waals surface area contributed by atoms with Gasteiger partial charge in [0, 0.05) is 0 Å². The Morgan fingerprint density at radius 2 is 2.00 bits per heavy atom. The van der Waals surface area contributed by atoms with Gasteiger partial charge in [0.15, 0.2) is 0 Å². The predicted molar refractivity (Wildman–Crippen MR) is 43.3 cm³/mol. The first-order chi connectivity index (χ1) is 5.82. The number of carbonyl (C=O) groups excluding carboxylic acids is 1. The van der Waals surface area contributed by atoms with Crippen LogP contribution in [0.5, 0.6) is 0 Å².